The lowest BCUT2D eigenvalue weighted by Crippen LogP contribution is -2.61. The van der Waals surface area contributed by atoms with Gasteiger partial charge in [-0.2, -0.15) is 0 Å². The van der Waals surface area contributed by atoms with E-state index >= 15 is 0 Å². The van der Waals surface area contributed by atoms with Crippen molar-refractivity contribution in [2.24, 2.45) is 5.73 Å². The van der Waals surface area contributed by atoms with Gasteiger partial charge in [-0.1, -0.05) is 0 Å². The second-order valence-corrected chi connectivity index (χ2v) is 2.81. The SMILES string of the molecule is NC1[C@H](O)O[C@H](CO)[C@@H](O)[C@H]1O. The average Bonchev–Trinajstić information content (AvgIpc) is 2.08. The Morgan fingerprint density at radius 1 is 1.17 bits per heavy atom. The third kappa shape index (κ3) is 1.58. The molecule has 5 atom stereocenters. The largest absolute Gasteiger partial charge is 0.394 e. The lowest BCUT2D eigenvalue weighted by atomic mass is 9.98. The quantitative estimate of drug-likeness (QED) is 0.288. The van der Waals surface area contributed by atoms with Crippen LogP contribution in [0.2, 0.25) is 0 Å². The maximum Gasteiger partial charge on any atom is 0.173 e. The Balaban J connectivity index is 2.63. The molecule has 1 unspecified atom stereocenters. The predicted molar refractivity (Wildman–Crippen MR) is 38.0 cm³/mol. The fraction of sp³-hybridized carbons (Fsp3) is 1.00. The molecule has 1 rings (SSSR count). The third-order valence-corrected chi connectivity index (χ3v) is 1.95. The van der Waals surface area contributed by atoms with E-state index in [-0.39, 0.29) is 0 Å². The van der Waals surface area contributed by atoms with Gasteiger partial charge in [-0.3, -0.25) is 0 Å². The second-order valence-electron chi connectivity index (χ2n) is 2.81. The van der Waals surface area contributed by atoms with Gasteiger partial charge in [0.15, 0.2) is 6.29 Å². The van der Waals surface area contributed by atoms with Crippen molar-refractivity contribution >= 4 is 0 Å². The summed E-state index contributed by atoms with van der Waals surface area (Å²) in [6, 6.07) is -1.04. The van der Waals surface area contributed by atoms with E-state index in [1.165, 1.54) is 0 Å². The maximum atomic E-state index is 9.20. The lowest BCUT2D eigenvalue weighted by molar-refractivity contribution is -0.248. The predicted octanol–water partition coefficient (Wildman–Crippen LogP) is -3.25. The fourth-order valence-electron chi connectivity index (χ4n) is 1.12. The molecule has 0 aromatic heterocycles. The monoisotopic (exact) mass is 179 g/mol. The Morgan fingerprint density at radius 2 is 1.75 bits per heavy atom. The summed E-state index contributed by atoms with van der Waals surface area (Å²) in [5.41, 5.74) is 5.26. The number of aliphatic hydroxyl groups excluding tert-OH is 4. The highest BCUT2D eigenvalue weighted by Crippen LogP contribution is 2.17. The summed E-state index contributed by atoms with van der Waals surface area (Å²) in [6.45, 7) is -0.470. The molecule has 6 nitrogen and oxygen atoms in total. The molecule has 0 aliphatic carbocycles. The first kappa shape index (κ1) is 9.85. The first-order valence-corrected chi connectivity index (χ1v) is 3.64. The number of hydrogen-bond acceptors (Lipinski definition) is 6. The number of hydrogen-bond donors (Lipinski definition) is 5. The minimum atomic E-state index is -1.35. The van der Waals surface area contributed by atoms with E-state index in [4.69, 9.17) is 20.7 Å². The summed E-state index contributed by atoms with van der Waals surface area (Å²) < 4.78 is 4.70. The van der Waals surface area contributed by atoms with Gasteiger partial charge in [0, 0.05) is 0 Å². The van der Waals surface area contributed by atoms with Crippen molar-refractivity contribution in [2.75, 3.05) is 6.61 Å². The van der Waals surface area contributed by atoms with E-state index in [9.17, 15) is 10.2 Å². The standard InChI is InChI=1S/C6H13NO5/c7-3-5(10)4(9)2(1-8)12-6(3)11/h2-6,8-11H,1,7H2/t2-,3?,4-,5+,6-/m1/s1. The van der Waals surface area contributed by atoms with E-state index < -0.39 is 37.3 Å². The Hall–Kier alpha value is -0.240. The van der Waals surface area contributed by atoms with Gasteiger partial charge >= 0.3 is 0 Å². The van der Waals surface area contributed by atoms with Crippen LogP contribution in [-0.2, 0) is 4.74 Å². The average molecular weight is 179 g/mol. The van der Waals surface area contributed by atoms with E-state index in [2.05, 4.69) is 0 Å². The summed E-state index contributed by atoms with van der Waals surface area (Å²) in [4.78, 5) is 0. The van der Waals surface area contributed by atoms with Crippen LogP contribution in [0.25, 0.3) is 0 Å². The molecule has 6 heteroatoms. The minimum Gasteiger partial charge on any atom is -0.394 e. The molecule has 0 amide bonds. The highest BCUT2D eigenvalue weighted by Gasteiger charge is 2.41. The number of nitrogens with two attached hydrogens (primary N) is 1. The van der Waals surface area contributed by atoms with Gasteiger partial charge in [0.05, 0.1) is 12.6 Å². The second kappa shape index (κ2) is 3.65. The van der Waals surface area contributed by atoms with Crippen LogP contribution in [0.1, 0.15) is 0 Å². The van der Waals surface area contributed by atoms with Crippen molar-refractivity contribution in [2.45, 2.75) is 30.6 Å². The van der Waals surface area contributed by atoms with Crippen molar-refractivity contribution in [1.29, 1.82) is 0 Å². The van der Waals surface area contributed by atoms with Crippen molar-refractivity contribution in [1.82, 2.24) is 0 Å². The van der Waals surface area contributed by atoms with Gasteiger partial charge in [-0.05, 0) is 0 Å². The molecule has 0 spiro atoms. The van der Waals surface area contributed by atoms with Gasteiger partial charge < -0.3 is 30.9 Å². The van der Waals surface area contributed by atoms with Gasteiger partial charge in [0.25, 0.3) is 0 Å². The topological polar surface area (TPSA) is 116 Å². The molecule has 1 aliphatic heterocycles. The van der Waals surface area contributed by atoms with Crippen LogP contribution in [0.5, 0.6) is 0 Å². The maximum absolute atomic E-state index is 9.20. The highest BCUT2D eigenvalue weighted by atomic mass is 16.6. The lowest BCUT2D eigenvalue weighted by Gasteiger charge is -2.38. The molecule has 0 saturated carbocycles. The molecule has 1 saturated heterocycles. The minimum absolute atomic E-state index is 0.470. The molecular weight excluding hydrogens is 166 g/mol. The first-order chi connectivity index (χ1) is 5.57. The zero-order valence-corrected chi connectivity index (χ0v) is 6.37. The van der Waals surface area contributed by atoms with Crippen LogP contribution < -0.4 is 5.73 Å². The smallest absolute Gasteiger partial charge is 0.173 e. The van der Waals surface area contributed by atoms with E-state index in [0.717, 1.165) is 0 Å². The van der Waals surface area contributed by atoms with Crippen LogP contribution in [0.4, 0.5) is 0 Å². The Kier molecular flexibility index (Phi) is 2.99. The van der Waals surface area contributed by atoms with Crippen LogP contribution in [0.15, 0.2) is 0 Å². The van der Waals surface area contributed by atoms with Crippen molar-refractivity contribution < 1.29 is 25.2 Å². The van der Waals surface area contributed by atoms with Gasteiger partial charge in [-0.25, -0.2) is 0 Å². The molecule has 6 N–H and O–H groups in total. The van der Waals surface area contributed by atoms with Crippen molar-refractivity contribution in [3.63, 3.8) is 0 Å². The van der Waals surface area contributed by atoms with Gasteiger partial charge in [-0.15, -0.1) is 0 Å². The number of ether oxygens (including phenoxy) is 1. The van der Waals surface area contributed by atoms with Crippen molar-refractivity contribution in [3.8, 4) is 0 Å². The first-order valence-electron chi connectivity index (χ1n) is 3.64. The molecule has 72 valence electrons. The van der Waals surface area contributed by atoms with Crippen LogP contribution >= 0.6 is 0 Å². The Bertz CT molecular complexity index is 150. The van der Waals surface area contributed by atoms with E-state index in [1.54, 1.807) is 0 Å². The molecule has 0 aromatic rings. The summed E-state index contributed by atoms with van der Waals surface area (Å²) in [7, 11) is 0. The van der Waals surface area contributed by atoms with Gasteiger partial charge in [0.1, 0.15) is 18.3 Å². The molecule has 0 radical (unpaired) electrons. The molecule has 1 fully saturated rings. The summed E-state index contributed by atoms with van der Waals surface area (Å²) in [5.74, 6) is 0. The Morgan fingerprint density at radius 3 is 2.25 bits per heavy atom. The summed E-state index contributed by atoms with van der Waals surface area (Å²) >= 11 is 0. The van der Waals surface area contributed by atoms with E-state index in [1.807, 2.05) is 0 Å². The number of rotatable bonds is 1. The molecular formula is C6H13NO5. The molecule has 0 aromatic carbocycles. The fourth-order valence-corrected chi connectivity index (χ4v) is 1.12. The third-order valence-electron chi connectivity index (χ3n) is 1.95. The number of aliphatic hydroxyl groups is 4. The van der Waals surface area contributed by atoms with Gasteiger partial charge in [0.2, 0.25) is 0 Å². The van der Waals surface area contributed by atoms with Crippen LogP contribution in [0, 0.1) is 0 Å². The molecule has 0 bridgehead atoms. The van der Waals surface area contributed by atoms with E-state index in [0.29, 0.717) is 0 Å². The Labute approximate surface area is 69.2 Å². The van der Waals surface area contributed by atoms with Crippen molar-refractivity contribution in [3.05, 3.63) is 0 Å². The molecule has 12 heavy (non-hydrogen) atoms. The summed E-state index contributed by atoms with van der Waals surface area (Å²) in [6.07, 6.45) is -4.85. The zero-order valence-electron chi connectivity index (χ0n) is 6.37. The van der Waals surface area contributed by atoms with Crippen LogP contribution in [-0.4, -0.2) is 57.7 Å². The highest BCUT2D eigenvalue weighted by molar-refractivity contribution is 4.90. The molecule has 1 heterocycles. The normalized spacial score (nSPS) is 49.2. The zero-order chi connectivity index (χ0) is 9.30. The van der Waals surface area contributed by atoms with Crippen LogP contribution in [0.3, 0.4) is 0 Å². The molecule has 1 aliphatic rings. The summed E-state index contributed by atoms with van der Waals surface area (Å²) in [5, 5.41) is 36.1.